The van der Waals surface area contributed by atoms with Crippen molar-refractivity contribution in [2.24, 2.45) is 12.2 Å². The van der Waals surface area contributed by atoms with Crippen LogP contribution in [0.25, 0.3) is 5.69 Å². The number of ether oxygens (including phenoxy) is 1. The molecule has 15 heteroatoms. The van der Waals surface area contributed by atoms with E-state index in [9.17, 15) is 36.7 Å². The van der Waals surface area contributed by atoms with Gasteiger partial charge < -0.3 is 9.57 Å². The molecule has 2 aromatic rings. The first-order chi connectivity index (χ1) is 16.7. The van der Waals surface area contributed by atoms with Gasteiger partial charge >= 0.3 is 23.8 Å². The second kappa shape index (κ2) is 10.1. The van der Waals surface area contributed by atoms with Gasteiger partial charge in [0.1, 0.15) is 16.3 Å². The molecule has 0 saturated heterocycles. The number of hydrogen-bond acceptors (Lipinski definition) is 8. The SMILES string of the molecule is CC(C)=NOC(=O)COC(=O)C1(Sc2cc(-n3c(=O)cc(C(F)(F)F)n(C)c3=O)c(F)cc2Cl)CC1. The monoisotopic (exact) mass is 551 g/mol. The molecule has 0 unspecified atom stereocenters. The van der Waals surface area contributed by atoms with Gasteiger partial charge in [-0.1, -0.05) is 16.8 Å². The zero-order chi connectivity index (χ0) is 27.0. The summed E-state index contributed by atoms with van der Waals surface area (Å²) in [5.41, 5.74) is -4.53. The van der Waals surface area contributed by atoms with Gasteiger partial charge in [-0.25, -0.2) is 18.5 Å². The first-order valence-corrected chi connectivity index (χ1v) is 11.3. The Morgan fingerprint density at radius 1 is 1.19 bits per heavy atom. The van der Waals surface area contributed by atoms with E-state index in [2.05, 4.69) is 9.99 Å². The number of esters is 1. The van der Waals surface area contributed by atoms with Crippen molar-refractivity contribution in [2.45, 2.75) is 42.5 Å². The van der Waals surface area contributed by atoms with Crippen LogP contribution in [-0.4, -0.2) is 38.1 Å². The molecule has 0 N–H and O–H groups in total. The Morgan fingerprint density at radius 2 is 1.83 bits per heavy atom. The van der Waals surface area contributed by atoms with E-state index in [4.69, 9.17) is 16.3 Å². The molecule has 194 valence electrons. The zero-order valence-corrected chi connectivity index (χ0v) is 20.5. The molecule has 1 aliphatic carbocycles. The summed E-state index contributed by atoms with van der Waals surface area (Å²) in [6.07, 6.45) is -4.37. The second-order valence-electron chi connectivity index (χ2n) is 7.95. The van der Waals surface area contributed by atoms with Crippen molar-refractivity contribution in [1.29, 1.82) is 0 Å². The van der Waals surface area contributed by atoms with E-state index in [1.54, 1.807) is 13.8 Å². The van der Waals surface area contributed by atoms with Gasteiger partial charge in [-0.2, -0.15) is 13.2 Å². The summed E-state index contributed by atoms with van der Waals surface area (Å²) in [5, 5.41) is 3.27. The highest BCUT2D eigenvalue weighted by molar-refractivity contribution is 8.01. The van der Waals surface area contributed by atoms with Crippen LogP contribution in [0.2, 0.25) is 5.02 Å². The highest BCUT2D eigenvalue weighted by atomic mass is 35.5. The van der Waals surface area contributed by atoms with Crippen LogP contribution >= 0.6 is 23.4 Å². The minimum atomic E-state index is -4.99. The number of carbonyl (C=O) groups is 2. The van der Waals surface area contributed by atoms with Gasteiger partial charge in [0.15, 0.2) is 6.61 Å². The largest absolute Gasteiger partial charge is 0.453 e. The first kappa shape index (κ1) is 27.5. The topological polar surface area (TPSA) is 109 Å². The van der Waals surface area contributed by atoms with Crippen LogP contribution in [0, 0.1) is 5.82 Å². The van der Waals surface area contributed by atoms with E-state index in [1.165, 1.54) is 0 Å². The van der Waals surface area contributed by atoms with Gasteiger partial charge in [0.25, 0.3) is 5.56 Å². The summed E-state index contributed by atoms with van der Waals surface area (Å²) >= 11 is 6.95. The van der Waals surface area contributed by atoms with Crippen molar-refractivity contribution < 1.29 is 36.7 Å². The normalized spacial score (nSPS) is 14.2. The lowest BCUT2D eigenvalue weighted by atomic mass is 10.3. The lowest BCUT2D eigenvalue weighted by molar-refractivity contribution is -0.158. The van der Waals surface area contributed by atoms with Gasteiger partial charge in [0.05, 0.1) is 16.4 Å². The molecule has 0 bridgehead atoms. The van der Waals surface area contributed by atoms with E-state index in [-0.39, 0.29) is 25.1 Å². The van der Waals surface area contributed by atoms with E-state index in [0.29, 0.717) is 18.6 Å². The highest BCUT2D eigenvalue weighted by Gasteiger charge is 2.53. The number of thioether (sulfide) groups is 1. The molecule has 0 radical (unpaired) electrons. The number of carbonyl (C=O) groups excluding carboxylic acids is 2. The predicted molar refractivity (Wildman–Crippen MR) is 121 cm³/mol. The maximum Gasteiger partial charge on any atom is 0.431 e. The number of nitrogens with zero attached hydrogens (tertiary/aromatic N) is 3. The third-order valence-electron chi connectivity index (χ3n) is 4.89. The number of halogens is 5. The Kier molecular flexibility index (Phi) is 7.69. The Balaban J connectivity index is 1.91. The third-order valence-corrected chi connectivity index (χ3v) is 6.83. The maximum absolute atomic E-state index is 14.7. The van der Waals surface area contributed by atoms with Gasteiger partial charge in [-0.3, -0.25) is 14.2 Å². The van der Waals surface area contributed by atoms with Crippen molar-refractivity contribution in [2.75, 3.05) is 6.61 Å². The van der Waals surface area contributed by atoms with Crippen LogP contribution in [0.1, 0.15) is 32.4 Å². The molecular weight excluding hydrogens is 534 g/mol. The van der Waals surface area contributed by atoms with Crippen molar-refractivity contribution in [3.05, 3.63) is 55.6 Å². The maximum atomic E-state index is 14.7. The Morgan fingerprint density at radius 3 is 2.39 bits per heavy atom. The summed E-state index contributed by atoms with van der Waals surface area (Å²) in [7, 11) is 0.790. The number of rotatable bonds is 7. The predicted octanol–water partition coefficient (Wildman–Crippen LogP) is 3.45. The van der Waals surface area contributed by atoms with E-state index < -0.39 is 57.9 Å². The lowest BCUT2D eigenvalue weighted by Crippen LogP contribution is -2.41. The molecule has 0 amide bonds. The van der Waals surface area contributed by atoms with Crippen molar-refractivity contribution >= 4 is 41.0 Å². The molecular formula is C21H18ClF4N3O6S. The molecule has 3 rings (SSSR count). The van der Waals surface area contributed by atoms with E-state index >= 15 is 0 Å². The standard InChI is InChI=1S/C21H18ClF4N3O6S/c1-10(2)27-35-17(31)9-34-18(32)20(4-5-20)36-14-7-13(12(23)6-11(14)22)29-16(30)8-15(21(24,25)26)28(3)19(29)33/h6-8H,4-5,9H2,1-3H3. The number of benzene rings is 1. The van der Waals surface area contributed by atoms with Crippen LogP contribution < -0.4 is 11.2 Å². The van der Waals surface area contributed by atoms with Crippen molar-refractivity contribution in [3.8, 4) is 5.69 Å². The van der Waals surface area contributed by atoms with Crippen LogP contribution in [-0.2, 0) is 32.4 Å². The van der Waals surface area contributed by atoms with Crippen molar-refractivity contribution in [3.63, 3.8) is 0 Å². The molecule has 36 heavy (non-hydrogen) atoms. The van der Waals surface area contributed by atoms with Gasteiger partial charge in [-0.05, 0) is 38.8 Å². The van der Waals surface area contributed by atoms with Crippen LogP contribution in [0.15, 0.2) is 37.8 Å². The van der Waals surface area contributed by atoms with Crippen molar-refractivity contribution in [1.82, 2.24) is 9.13 Å². The average molecular weight is 552 g/mol. The molecule has 0 spiro atoms. The van der Waals surface area contributed by atoms with E-state index in [0.717, 1.165) is 30.9 Å². The van der Waals surface area contributed by atoms with Crippen LogP contribution in [0.3, 0.4) is 0 Å². The number of aromatic nitrogens is 2. The van der Waals surface area contributed by atoms with E-state index in [1.807, 2.05) is 0 Å². The average Bonchev–Trinajstić information content (AvgIpc) is 3.56. The molecule has 1 heterocycles. The summed E-state index contributed by atoms with van der Waals surface area (Å²) in [4.78, 5) is 53.7. The molecule has 0 atom stereocenters. The highest BCUT2D eigenvalue weighted by Crippen LogP contribution is 2.54. The van der Waals surface area contributed by atoms with Crippen LogP contribution in [0.5, 0.6) is 0 Å². The van der Waals surface area contributed by atoms with Gasteiger partial charge in [0.2, 0.25) is 0 Å². The Labute approximate surface area is 209 Å². The van der Waals surface area contributed by atoms with Gasteiger partial charge in [0, 0.05) is 18.0 Å². The fraction of sp³-hybridized carbons (Fsp3) is 0.381. The second-order valence-corrected chi connectivity index (χ2v) is 9.78. The molecule has 9 nitrogen and oxygen atoms in total. The fourth-order valence-corrected chi connectivity index (χ4v) is 4.45. The smallest absolute Gasteiger partial charge is 0.431 e. The Bertz CT molecular complexity index is 1380. The number of hydrogen-bond donors (Lipinski definition) is 0. The zero-order valence-electron chi connectivity index (χ0n) is 18.9. The lowest BCUT2D eigenvalue weighted by Gasteiger charge is -2.17. The molecule has 1 saturated carbocycles. The van der Waals surface area contributed by atoms with Gasteiger partial charge in [-0.15, -0.1) is 11.8 Å². The minimum absolute atomic E-state index is 0.0603. The first-order valence-electron chi connectivity index (χ1n) is 10.1. The molecule has 1 aromatic heterocycles. The minimum Gasteiger partial charge on any atom is -0.453 e. The third kappa shape index (κ3) is 5.81. The fourth-order valence-electron chi connectivity index (χ4n) is 2.98. The molecule has 0 aliphatic heterocycles. The molecule has 1 aliphatic rings. The summed E-state index contributed by atoms with van der Waals surface area (Å²) in [6.45, 7) is 2.46. The number of alkyl halides is 3. The summed E-state index contributed by atoms with van der Waals surface area (Å²) < 4.78 is 58.3. The summed E-state index contributed by atoms with van der Waals surface area (Å²) in [6, 6.07) is 1.93. The molecule has 1 aromatic carbocycles. The molecule has 1 fully saturated rings. The summed E-state index contributed by atoms with van der Waals surface area (Å²) in [5.74, 6) is -2.85. The number of oxime groups is 1. The van der Waals surface area contributed by atoms with Crippen LogP contribution in [0.4, 0.5) is 17.6 Å². The quantitative estimate of drug-likeness (QED) is 0.170. The Hall–Kier alpha value is -3.13.